The van der Waals surface area contributed by atoms with Gasteiger partial charge >= 0.3 is 5.97 Å². The normalized spacial score (nSPS) is 10.0. The highest BCUT2D eigenvalue weighted by atomic mass is 19.1. The number of carbonyl (C=O) groups excluding carboxylic acids is 1. The summed E-state index contributed by atoms with van der Waals surface area (Å²) in [6.45, 7) is -0.193. The zero-order chi connectivity index (χ0) is 11.1. The summed E-state index contributed by atoms with van der Waals surface area (Å²) >= 11 is 0. The molecule has 1 aromatic rings. The molecular formula is C11H13FO3. The molecule has 15 heavy (non-hydrogen) atoms. The standard InChI is InChI=1S/C11H13FO3/c12-10-4-2-1-3-9(10)5-6-11(14)15-8-7-13/h1-4,13H,5-8H2. The van der Waals surface area contributed by atoms with Crippen molar-refractivity contribution in [2.75, 3.05) is 13.2 Å². The average Bonchev–Trinajstić information content (AvgIpc) is 2.25. The Labute approximate surface area is 87.5 Å². The number of ether oxygens (including phenoxy) is 1. The summed E-state index contributed by atoms with van der Waals surface area (Å²) in [4.78, 5) is 11.0. The van der Waals surface area contributed by atoms with Crippen molar-refractivity contribution in [1.29, 1.82) is 0 Å². The fourth-order valence-corrected chi connectivity index (χ4v) is 1.17. The van der Waals surface area contributed by atoms with Crippen molar-refractivity contribution in [3.63, 3.8) is 0 Å². The first-order valence-corrected chi connectivity index (χ1v) is 4.74. The van der Waals surface area contributed by atoms with Gasteiger partial charge in [0.15, 0.2) is 0 Å². The van der Waals surface area contributed by atoms with E-state index in [1.807, 2.05) is 0 Å². The molecule has 0 heterocycles. The van der Waals surface area contributed by atoms with Crippen molar-refractivity contribution in [2.24, 2.45) is 0 Å². The minimum absolute atomic E-state index is 0.00386. The van der Waals surface area contributed by atoms with Crippen LogP contribution in [0.3, 0.4) is 0 Å². The predicted octanol–water partition coefficient (Wildman–Crippen LogP) is 1.29. The topological polar surface area (TPSA) is 46.5 Å². The molecule has 0 aliphatic rings. The maximum absolute atomic E-state index is 13.1. The van der Waals surface area contributed by atoms with Crippen LogP contribution in [0.15, 0.2) is 24.3 Å². The predicted molar refractivity (Wildman–Crippen MR) is 52.8 cm³/mol. The van der Waals surface area contributed by atoms with Crippen molar-refractivity contribution in [1.82, 2.24) is 0 Å². The van der Waals surface area contributed by atoms with Gasteiger partial charge in [0.1, 0.15) is 12.4 Å². The first-order chi connectivity index (χ1) is 7.24. The molecule has 4 heteroatoms. The fraction of sp³-hybridized carbons (Fsp3) is 0.364. The second-order valence-electron chi connectivity index (χ2n) is 3.04. The van der Waals surface area contributed by atoms with Crippen LogP contribution < -0.4 is 0 Å². The van der Waals surface area contributed by atoms with E-state index in [0.29, 0.717) is 12.0 Å². The van der Waals surface area contributed by atoms with Crippen LogP contribution in [-0.4, -0.2) is 24.3 Å². The van der Waals surface area contributed by atoms with Crippen LogP contribution in [0, 0.1) is 5.82 Å². The van der Waals surface area contributed by atoms with Crippen molar-refractivity contribution >= 4 is 5.97 Å². The van der Waals surface area contributed by atoms with Gasteiger partial charge in [-0.15, -0.1) is 0 Å². The maximum atomic E-state index is 13.1. The van der Waals surface area contributed by atoms with Crippen LogP contribution in [-0.2, 0) is 16.0 Å². The van der Waals surface area contributed by atoms with E-state index in [9.17, 15) is 9.18 Å². The molecule has 0 amide bonds. The minimum atomic E-state index is -0.424. The monoisotopic (exact) mass is 212 g/mol. The lowest BCUT2D eigenvalue weighted by Crippen LogP contribution is -2.09. The fourth-order valence-electron chi connectivity index (χ4n) is 1.17. The summed E-state index contributed by atoms with van der Waals surface area (Å²) in [7, 11) is 0. The molecule has 0 saturated carbocycles. The number of esters is 1. The highest BCUT2D eigenvalue weighted by molar-refractivity contribution is 5.69. The van der Waals surface area contributed by atoms with Crippen molar-refractivity contribution in [3.05, 3.63) is 35.6 Å². The molecule has 82 valence electrons. The molecule has 1 aromatic carbocycles. The summed E-state index contributed by atoms with van der Waals surface area (Å²) in [5, 5.41) is 8.41. The highest BCUT2D eigenvalue weighted by Crippen LogP contribution is 2.09. The molecule has 1 N–H and O–H groups in total. The van der Waals surface area contributed by atoms with Gasteiger partial charge < -0.3 is 9.84 Å². The van der Waals surface area contributed by atoms with Crippen LogP contribution in [0.2, 0.25) is 0 Å². The molecule has 0 spiro atoms. The number of aryl methyl sites for hydroxylation is 1. The Bertz CT molecular complexity index is 325. The summed E-state index contributed by atoms with van der Waals surface area (Å²) in [6.07, 6.45) is 0.442. The third-order valence-electron chi connectivity index (χ3n) is 1.91. The Kier molecular flexibility index (Phi) is 4.77. The van der Waals surface area contributed by atoms with E-state index < -0.39 is 5.97 Å². The second kappa shape index (κ2) is 6.14. The Balaban J connectivity index is 2.37. The lowest BCUT2D eigenvalue weighted by atomic mass is 10.1. The van der Waals surface area contributed by atoms with Gasteiger partial charge in [-0.25, -0.2) is 4.39 Å². The summed E-state index contributed by atoms with van der Waals surface area (Å²) in [5.74, 6) is -0.736. The number of hydrogen-bond donors (Lipinski definition) is 1. The molecule has 1 rings (SSSR count). The SMILES string of the molecule is O=C(CCc1ccccc1F)OCCO. The van der Waals surface area contributed by atoms with E-state index in [0.717, 1.165) is 0 Å². The van der Waals surface area contributed by atoms with E-state index in [1.54, 1.807) is 18.2 Å². The summed E-state index contributed by atoms with van der Waals surface area (Å²) < 4.78 is 17.7. The van der Waals surface area contributed by atoms with Crippen LogP contribution in [0.5, 0.6) is 0 Å². The Hall–Kier alpha value is -1.42. The number of aliphatic hydroxyl groups excluding tert-OH is 1. The molecule has 0 aliphatic heterocycles. The number of hydrogen-bond acceptors (Lipinski definition) is 3. The van der Waals surface area contributed by atoms with Gasteiger partial charge in [0.2, 0.25) is 0 Å². The molecule has 0 saturated heterocycles. The van der Waals surface area contributed by atoms with Gasteiger partial charge in [0, 0.05) is 6.42 Å². The van der Waals surface area contributed by atoms with Crippen molar-refractivity contribution in [2.45, 2.75) is 12.8 Å². The zero-order valence-electron chi connectivity index (χ0n) is 8.28. The molecule has 0 atom stereocenters. The van der Waals surface area contributed by atoms with E-state index >= 15 is 0 Å². The Morgan fingerprint density at radius 1 is 1.40 bits per heavy atom. The number of carbonyl (C=O) groups is 1. The molecule has 0 aliphatic carbocycles. The second-order valence-corrected chi connectivity index (χ2v) is 3.04. The Morgan fingerprint density at radius 2 is 2.13 bits per heavy atom. The highest BCUT2D eigenvalue weighted by Gasteiger charge is 2.05. The first kappa shape index (κ1) is 11.7. The lowest BCUT2D eigenvalue weighted by Gasteiger charge is -2.03. The van der Waals surface area contributed by atoms with Gasteiger partial charge in [-0.3, -0.25) is 4.79 Å². The van der Waals surface area contributed by atoms with Gasteiger partial charge in [-0.2, -0.15) is 0 Å². The zero-order valence-corrected chi connectivity index (χ0v) is 8.28. The van der Waals surface area contributed by atoms with Crippen LogP contribution in [0.25, 0.3) is 0 Å². The molecule has 0 unspecified atom stereocenters. The van der Waals surface area contributed by atoms with Gasteiger partial charge in [0.25, 0.3) is 0 Å². The van der Waals surface area contributed by atoms with E-state index in [1.165, 1.54) is 6.07 Å². The maximum Gasteiger partial charge on any atom is 0.306 e. The minimum Gasteiger partial charge on any atom is -0.463 e. The van der Waals surface area contributed by atoms with E-state index in [2.05, 4.69) is 4.74 Å². The van der Waals surface area contributed by atoms with Crippen molar-refractivity contribution < 1.29 is 19.0 Å². The van der Waals surface area contributed by atoms with Crippen molar-refractivity contribution in [3.8, 4) is 0 Å². The van der Waals surface area contributed by atoms with Gasteiger partial charge in [0.05, 0.1) is 6.61 Å². The molecule has 0 bridgehead atoms. The number of benzene rings is 1. The first-order valence-electron chi connectivity index (χ1n) is 4.74. The molecule has 0 fully saturated rings. The summed E-state index contributed by atoms with van der Waals surface area (Å²) in [5.41, 5.74) is 0.499. The molecule has 0 radical (unpaired) electrons. The smallest absolute Gasteiger partial charge is 0.306 e. The number of halogens is 1. The van der Waals surface area contributed by atoms with Gasteiger partial charge in [-0.05, 0) is 18.1 Å². The number of aliphatic hydroxyl groups is 1. The van der Waals surface area contributed by atoms with Crippen LogP contribution in [0.4, 0.5) is 4.39 Å². The lowest BCUT2D eigenvalue weighted by molar-refractivity contribution is -0.144. The van der Waals surface area contributed by atoms with E-state index in [-0.39, 0.29) is 25.5 Å². The average molecular weight is 212 g/mol. The Morgan fingerprint density at radius 3 is 2.80 bits per heavy atom. The third kappa shape index (κ3) is 4.08. The third-order valence-corrected chi connectivity index (χ3v) is 1.91. The molecular weight excluding hydrogens is 199 g/mol. The van der Waals surface area contributed by atoms with Gasteiger partial charge in [-0.1, -0.05) is 18.2 Å². The molecule has 0 aromatic heterocycles. The van der Waals surface area contributed by atoms with Crippen LogP contribution in [0.1, 0.15) is 12.0 Å². The van der Waals surface area contributed by atoms with Crippen LogP contribution >= 0.6 is 0 Å². The summed E-state index contributed by atoms with van der Waals surface area (Å²) in [6, 6.07) is 6.31. The molecule has 3 nitrogen and oxygen atoms in total. The van der Waals surface area contributed by atoms with E-state index in [4.69, 9.17) is 5.11 Å². The number of rotatable bonds is 5. The quantitative estimate of drug-likeness (QED) is 0.748. The largest absolute Gasteiger partial charge is 0.463 e.